The highest BCUT2D eigenvalue weighted by molar-refractivity contribution is 7.88. The topological polar surface area (TPSA) is 98.8 Å². The highest BCUT2D eigenvalue weighted by Gasteiger charge is 2.48. The van der Waals surface area contributed by atoms with Crippen LogP contribution in [0.15, 0.2) is 78.9 Å². The van der Waals surface area contributed by atoms with Crippen molar-refractivity contribution < 1.29 is 18.0 Å². The fraction of sp³-hybridized carbons (Fsp3) is 0.394. The van der Waals surface area contributed by atoms with E-state index in [1.54, 1.807) is 29.2 Å². The number of likely N-dealkylation sites (N-methyl/N-ethyl adjacent to an activating group) is 1. The molecule has 2 aliphatic rings. The number of hydrogen-bond acceptors (Lipinski definition) is 5. The highest BCUT2D eigenvalue weighted by atomic mass is 35.5. The lowest BCUT2D eigenvalue weighted by Crippen LogP contribution is -2.59. The lowest BCUT2D eigenvalue weighted by Gasteiger charge is -2.49. The molecule has 1 aliphatic heterocycles. The number of nitrogens with zero attached hydrogens (tertiary/aromatic N) is 2. The molecule has 2 N–H and O–H groups in total. The fourth-order valence-corrected chi connectivity index (χ4v) is 7.60. The SMILES string of the molecule is CN(C)C(CNC(=O)[C@@H]1c2ccccc2C(=O)N([C@H]2CCCC[C@@H]2NS(C)(=O)=O)[C@H]1c1ccc(Cl)cc1)c1ccccc1. The van der Waals surface area contributed by atoms with E-state index in [4.69, 9.17) is 11.6 Å². The summed E-state index contributed by atoms with van der Waals surface area (Å²) in [6.07, 6.45) is 4.07. The highest BCUT2D eigenvalue weighted by Crippen LogP contribution is 2.46. The molecule has 3 aromatic rings. The third kappa shape index (κ3) is 6.96. The smallest absolute Gasteiger partial charge is 0.255 e. The Balaban J connectivity index is 1.59. The van der Waals surface area contributed by atoms with Crippen molar-refractivity contribution >= 4 is 33.4 Å². The molecule has 5 atom stereocenters. The van der Waals surface area contributed by atoms with Crippen molar-refractivity contribution in [3.63, 3.8) is 0 Å². The van der Waals surface area contributed by atoms with Gasteiger partial charge in [0.25, 0.3) is 5.91 Å². The number of nitrogens with one attached hydrogen (secondary N) is 2. The van der Waals surface area contributed by atoms with Crippen molar-refractivity contribution in [2.45, 2.75) is 55.8 Å². The van der Waals surface area contributed by atoms with Crippen molar-refractivity contribution in [2.24, 2.45) is 0 Å². The molecule has 1 heterocycles. The normalized spacial score (nSPS) is 23.1. The van der Waals surface area contributed by atoms with Crippen molar-refractivity contribution in [3.05, 3.63) is 106 Å². The molecule has 1 unspecified atom stereocenters. The Kier molecular flexibility index (Phi) is 9.56. The van der Waals surface area contributed by atoms with Gasteiger partial charge in [-0.05, 0) is 61.8 Å². The molecule has 0 spiro atoms. The van der Waals surface area contributed by atoms with E-state index in [1.807, 2.05) is 68.7 Å². The Bertz CT molecular complexity index is 1550. The molecule has 0 saturated heterocycles. The molecule has 2 amide bonds. The number of sulfonamides is 1. The molecule has 43 heavy (non-hydrogen) atoms. The van der Waals surface area contributed by atoms with E-state index in [-0.39, 0.29) is 17.9 Å². The molecular weight excluding hydrogens is 584 g/mol. The van der Waals surface area contributed by atoms with Crippen LogP contribution in [-0.4, -0.2) is 69.0 Å². The number of rotatable bonds is 9. The van der Waals surface area contributed by atoms with E-state index in [0.29, 0.717) is 35.5 Å². The average molecular weight is 623 g/mol. The van der Waals surface area contributed by atoms with Gasteiger partial charge < -0.3 is 15.1 Å². The van der Waals surface area contributed by atoms with Gasteiger partial charge in [-0.15, -0.1) is 0 Å². The van der Waals surface area contributed by atoms with Crippen LogP contribution in [0.25, 0.3) is 0 Å². The summed E-state index contributed by atoms with van der Waals surface area (Å²) in [7, 11) is 0.429. The molecule has 228 valence electrons. The van der Waals surface area contributed by atoms with Gasteiger partial charge in [-0.2, -0.15) is 0 Å². The van der Waals surface area contributed by atoms with Crippen LogP contribution in [0.5, 0.6) is 0 Å². The van der Waals surface area contributed by atoms with Crippen molar-refractivity contribution in [3.8, 4) is 0 Å². The third-order valence-corrected chi connectivity index (χ3v) is 9.58. The molecular formula is C33H39ClN4O4S. The minimum Gasteiger partial charge on any atom is -0.354 e. The van der Waals surface area contributed by atoms with Crippen LogP contribution in [-0.2, 0) is 14.8 Å². The number of benzene rings is 3. The van der Waals surface area contributed by atoms with E-state index in [2.05, 4.69) is 14.9 Å². The Morgan fingerprint density at radius 2 is 1.63 bits per heavy atom. The lowest BCUT2D eigenvalue weighted by molar-refractivity contribution is -0.124. The van der Waals surface area contributed by atoms with Gasteiger partial charge in [-0.25, -0.2) is 13.1 Å². The van der Waals surface area contributed by atoms with Crippen LogP contribution < -0.4 is 10.0 Å². The number of hydrogen-bond donors (Lipinski definition) is 2. The zero-order valence-corrected chi connectivity index (χ0v) is 26.3. The minimum absolute atomic E-state index is 0.0580. The molecule has 1 saturated carbocycles. The minimum atomic E-state index is -3.53. The van der Waals surface area contributed by atoms with E-state index in [0.717, 1.165) is 30.2 Å². The summed E-state index contributed by atoms with van der Waals surface area (Å²) < 4.78 is 27.6. The molecule has 3 aromatic carbocycles. The first kappa shape index (κ1) is 31.2. The summed E-state index contributed by atoms with van der Waals surface area (Å²) in [5.74, 6) is -1.13. The number of amides is 2. The van der Waals surface area contributed by atoms with Gasteiger partial charge in [0.2, 0.25) is 15.9 Å². The summed E-state index contributed by atoms with van der Waals surface area (Å²) in [5, 5.41) is 3.76. The Morgan fingerprint density at radius 3 is 2.30 bits per heavy atom. The van der Waals surface area contributed by atoms with Gasteiger partial charge in [-0.1, -0.05) is 85.1 Å². The molecule has 0 radical (unpaired) electrons. The quantitative estimate of drug-likeness (QED) is 0.354. The summed E-state index contributed by atoms with van der Waals surface area (Å²) >= 11 is 6.27. The maximum atomic E-state index is 14.4. The summed E-state index contributed by atoms with van der Waals surface area (Å²) in [5.41, 5.74) is 2.97. The maximum absolute atomic E-state index is 14.4. The van der Waals surface area contributed by atoms with Crippen molar-refractivity contribution in [2.75, 3.05) is 26.9 Å². The number of carbonyl (C=O) groups is 2. The second-order valence-corrected chi connectivity index (χ2v) is 14.0. The monoisotopic (exact) mass is 622 g/mol. The van der Waals surface area contributed by atoms with Gasteiger partial charge in [0.15, 0.2) is 0 Å². The average Bonchev–Trinajstić information content (AvgIpc) is 2.98. The van der Waals surface area contributed by atoms with Gasteiger partial charge in [0, 0.05) is 29.2 Å². The maximum Gasteiger partial charge on any atom is 0.255 e. The van der Waals surface area contributed by atoms with Crippen LogP contribution >= 0.6 is 11.6 Å². The van der Waals surface area contributed by atoms with E-state index >= 15 is 0 Å². The summed E-state index contributed by atoms with van der Waals surface area (Å²) in [4.78, 5) is 32.6. The van der Waals surface area contributed by atoms with Crippen molar-refractivity contribution in [1.82, 2.24) is 19.8 Å². The lowest BCUT2D eigenvalue weighted by atomic mass is 9.76. The van der Waals surface area contributed by atoms with E-state index < -0.39 is 34.1 Å². The van der Waals surface area contributed by atoms with E-state index in [9.17, 15) is 18.0 Å². The Labute approximate surface area is 259 Å². The second kappa shape index (κ2) is 13.2. The molecule has 10 heteroatoms. The zero-order chi connectivity index (χ0) is 30.7. The van der Waals surface area contributed by atoms with E-state index in [1.165, 1.54) is 0 Å². The van der Waals surface area contributed by atoms with Gasteiger partial charge >= 0.3 is 0 Å². The number of fused-ring (bicyclic) bond motifs is 1. The van der Waals surface area contributed by atoms with Crippen LogP contribution in [0, 0.1) is 0 Å². The Morgan fingerprint density at radius 1 is 0.977 bits per heavy atom. The second-order valence-electron chi connectivity index (χ2n) is 11.8. The van der Waals surface area contributed by atoms with Gasteiger partial charge in [0.1, 0.15) is 0 Å². The first-order valence-corrected chi connectivity index (χ1v) is 17.0. The summed E-state index contributed by atoms with van der Waals surface area (Å²) in [6, 6.07) is 22.9. The molecule has 1 aliphatic carbocycles. The largest absolute Gasteiger partial charge is 0.354 e. The summed E-state index contributed by atoms with van der Waals surface area (Å²) in [6.45, 7) is 0.373. The first-order valence-electron chi connectivity index (χ1n) is 14.7. The zero-order valence-electron chi connectivity index (χ0n) is 24.7. The third-order valence-electron chi connectivity index (χ3n) is 8.60. The van der Waals surface area contributed by atoms with Crippen molar-refractivity contribution in [1.29, 1.82) is 0 Å². The van der Waals surface area contributed by atoms with Gasteiger partial charge in [-0.3, -0.25) is 9.59 Å². The first-order chi connectivity index (χ1) is 20.5. The predicted octanol–water partition coefficient (Wildman–Crippen LogP) is 4.90. The molecule has 8 nitrogen and oxygen atoms in total. The van der Waals surface area contributed by atoms with Crippen LogP contribution in [0.4, 0.5) is 0 Å². The molecule has 0 bridgehead atoms. The number of halogens is 1. The van der Waals surface area contributed by atoms with Crippen LogP contribution in [0.1, 0.15) is 70.7 Å². The fourth-order valence-electron chi connectivity index (χ4n) is 6.65. The molecule has 0 aromatic heterocycles. The molecule has 5 rings (SSSR count). The number of carbonyl (C=O) groups excluding carboxylic acids is 2. The van der Waals surface area contributed by atoms with Crippen LogP contribution in [0.3, 0.4) is 0 Å². The standard InChI is InChI=1S/C33H39ClN4O4S/c1-37(2)29(22-11-5-4-6-12-22)21-35-32(39)30-25-13-7-8-14-26(25)33(40)38(31(30)23-17-19-24(34)20-18-23)28-16-10-9-15-27(28)36-43(3,41)42/h4-8,11-14,17-20,27-31,36H,9-10,15-16,21H2,1-3H3,(H,35,39)/t27-,28-,29?,30+,31-/m0/s1. The molecule has 1 fully saturated rings. The van der Waals surface area contributed by atoms with Gasteiger partial charge in [0.05, 0.1) is 24.3 Å². The Hall–Kier alpha value is -3.24. The van der Waals surface area contributed by atoms with Crippen LogP contribution in [0.2, 0.25) is 5.02 Å². The predicted molar refractivity (Wildman–Crippen MR) is 169 cm³/mol.